The van der Waals surface area contributed by atoms with E-state index in [1.807, 2.05) is 49.4 Å². The Labute approximate surface area is 179 Å². The van der Waals surface area contributed by atoms with Crippen LogP contribution in [0.25, 0.3) is 0 Å². The summed E-state index contributed by atoms with van der Waals surface area (Å²) in [5.74, 6) is 0.330. The average Bonchev–Trinajstić information content (AvgIpc) is 2.73. The molecular formula is C25H33N3O2. The minimum atomic E-state index is -0.180. The molecule has 30 heavy (non-hydrogen) atoms. The van der Waals surface area contributed by atoms with Crippen LogP contribution in [-0.4, -0.2) is 29.9 Å². The summed E-state index contributed by atoms with van der Waals surface area (Å²) in [6.45, 7) is 7.46. The van der Waals surface area contributed by atoms with E-state index >= 15 is 0 Å². The highest BCUT2D eigenvalue weighted by Gasteiger charge is 2.30. The van der Waals surface area contributed by atoms with Gasteiger partial charge in [-0.1, -0.05) is 56.3 Å². The number of carbonyl (C=O) groups excluding carboxylic acids is 2. The molecule has 0 bridgehead atoms. The van der Waals surface area contributed by atoms with E-state index in [-0.39, 0.29) is 23.9 Å². The van der Waals surface area contributed by atoms with Gasteiger partial charge in [0.25, 0.3) is 0 Å². The number of urea groups is 1. The molecule has 1 saturated heterocycles. The van der Waals surface area contributed by atoms with E-state index in [1.54, 1.807) is 4.90 Å². The summed E-state index contributed by atoms with van der Waals surface area (Å²) in [5, 5.41) is 6.21. The second-order valence-electron chi connectivity index (χ2n) is 8.69. The van der Waals surface area contributed by atoms with Gasteiger partial charge in [0.15, 0.2) is 0 Å². The largest absolute Gasteiger partial charge is 0.349 e. The first-order valence-electron chi connectivity index (χ1n) is 10.9. The number of piperidine rings is 1. The zero-order valence-corrected chi connectivity index (χ0v) is 18.2. The van der Waals surface area contributed by atoms with Crippen molar-refractivity contribution in [2.45, 2.75) is 46.1 Å². The third-order valence-electron chi connectivity index (χ3n) is 5.57. The van der Waals surface area contributed by atoms with Crippen molar-refractivity contribution < 1.29 is 9.59 Å². The van der Waals surface area contributed by atoms with Gasteiger partial charge in [-0.3, -0.25) is 4.79 Å². The van der Waals surface area contributed by atoms with Gasteiger partial charge in [-0.2, -0.15) is 0 Å². The number of amides is 3. The Morgan fingerprint density at radius 2 is 1.87 bits per heavy atom. The fourth-order valence-electron chi connectivity index (χ4n) is 4.03. The number of hydrogen-bond acceptors (Lipinski definition) is 2. The smallest absolute Gasteiger partial charge is 0.321 e. The summed E-state index contributed by atoms with van der Waals surface area (Å²) in [6.07, 6.45) is 2.53. The third kappa shape index (κ3) is 6.09. The second kappa shape index (κ2) is 10.3. The molecule has 5 nitrogen and oxygen atoms in total. The third-order valence-corrected chi connectivity index (χ3v) is 5.57. The normalized spacial score (nSPS) is 17.5. The first-order chi connectivity index (χ1) is 14.4. The molecule has 0 aromatic heterocycles. The van der Waals surface area contributed by atoms with Gasteiger partial charge >= 0.3 is 6.03 Å². The Balaban J connectivity index is 1.62. The van der Waals surface area contributed by atoms with Gasteiger partial charge in [0, 0.05) is 18.8 Å². The van der Waals surface area contributed by atoms with Gasteiger partial charge in [-0.25, -0.2) is 4.79 Å². The lowest BCUT2D eigenvalue weighted by atomic mass is 9.93. The van der Waals surface area contributed by atoms with Gasteiger partial charge in [-0.05, 0) is 55.4 Å². The van der Waals surface area contributed by atoms with E-state index in [2.05, 4.69) is 36.6 Å². The lowest BCUT2D eigenvalue weighted by Gasteiger charge is -2.33. The molecule has 5 heteroatoms. The number of likely N-dealkylation sites (tertiary alicyclic amines) is 1. The molecule has 2 aromatic rings. The molecule has 160 valence electrons. The molecule has 3 amide bonds. The van der Waals surface area contributed by atoms with E-state index in [9.17, 15) is 9.59 Å². The Hall–Kier alpha value is -2.82. The summed E-state index contributed by atoms with van der Waals surface area (Å²) in [5.41, 5.74) is 3.01. The molecule has 0 spiro atoms. The van der Waals surface area contributed by atoms with Crippen molar-refractivity contribution in [1.29, 1.82) is 0 Å². The fourth-order valence-corrected chi connectivity index (χ4v) is 4.03. The molecular weight excluding hydrogens is 374 g/mol. The Kier molecular flexibility index (Phi) is 7.50. The van der Waals surface area contributed by atoms with Crippen molar-refractivity contribution in [2.75, 3.05) is 18.4 Å². The van der Waals surface area contributed by atoms with Crippen LogP contribution < -0.4 is 10.6 Å². The summed E-state index contributed by atoms with van der Waals surface area (Å²) in [7, 11) is 0. The number of carbonyl (C=O) groups is 2. The van der Waals surface area contributed by atoms with Gasteiger partial charge < -0.3 is 15.5 Å². The Morgan fingerprint density at radius 3 is 2.57 bits per heavy atom. The van der Waals surface area contributed by atoms with E-state index in [1.165, 1.54) is 0 Å². The highest BCUT2D eigenvalue weighted by atomic mass is 16.2. The van der Waals surface area contributed by atoms with Crippen LogP contribution in [0.4, 0.5) is 10.5 Å². The van der Waals surface area contributed by atoms with Crippen LogP contribution in [0.15, 0.2) is 54.6 Å². The average molecular weight is 408 g/mol. The van der Waals surface area contributed by atoms with Crippen molar-refractivity contribution in [3.05, 3.63) is 65.7 Å². The number of aryl methyl sites for hydroxylation is 1. The van der Waals surface area contributed by atoms with Gasteiger partial charge in [0.1, 0.15) is 0 Å². The lowest BCUT2D eigenvalue weighted by molar-refractivity contribution is -0.127. The minimum Gasteiger partial charge on any atom is -0.349 e. The number of hydrogen-bond donors (Lipinski definition) is 2. The predicted octanol–water partition coefficient (Wildman–Crippen LogP) is 5.14. The first kappa shape index (κ1) is 21.9. The van der Waals surface area contributed by atoms with Gasteiger partial charge in [0.05, 0.1) is 12.0 Å². The number of rotatable bonds is 6. The van der Waals surface area contributed by atoms with E-state index < -0.39 is 0 Å². The molecule has 0 radical (unpaired) electrons. The molecule has 0 aliphatic carbocycles. The standard InChI is InChI=1S/C25H33N3O2/c1-18(2)15-23(20-10-5-4-6-11-20)27-24(29)21-12-8-14-28(17-21)25(30)26-22-13-7-9-19(3)16-22/h4-7,9-11,13,16,18,21,23H,8,12,14-15,17H2,1-3H3,(H,26,30)(H,27,29)/t21-,23-/m0/s1. The Morgan fingerprint density at radius 1 is 1.10 bits per heavy atom. The molecule has 3 rings (SSSR count). The van der Waals surface area contributed by atoms with Crippen molar-refractivity contribution in [1.82, 2.24) is 10.2 Å². The van der Waals surface area contributed by atoms with Crippen LogP contribution in [0, 0.1) is 18.8 Å². The maximum absolute atomic E-state index is 13.1. The lowest BCUT2D eigenvalue weighted by Crippen LogP contribution is -2.47. The number of nitrogens with one attached hydrogen (secondary N) is 2. The topological polar surface area (TPSA) is 61.4 Å². The zero-order valence-electron chi connectivity index (χ0n) is 18.2. The summed E-state index contributed by atoms with van der Waals surface area (Å²) in [4.78, 5) is 27.5. The minimum absolute atomic E-state index is 0.00445. The summed E-state index contributed by atoms with van der Waals surface area (Å²) < 4.78 is 0. The highest BCUT2D eigenvalue weighted by molar-refractivity contribution is 5.90. The SMILES string of the molecule is Cc1cccc(NC(=O)N2CCC[C@H](C(=O)N[C@@H](CC(C)C)c3ccccc3)C2)c1. The second-order valence-corrected chi connectivity index (χ2v) is 8.69. The van der Waals surface area contributed by atoms with Crippen molar-refractivity contribution in [2.24, 2.45) is 11.8 Å². The molecule has 1 fully saturated rings. The van der Waals surface area contributed by atoms with Crippen molar-refractivity contribution in [3.63, 3.8) is 0 Å². The van der Waals surface area contributed by atoms with E-state index in [0.717, 1.165) is 36.1 Å². The van der Waals surface area contributed by atoms with Crippen LogP contribution in [0.1, 0.15) is 50.3 Å². The number of nitrogens with zero attached hydrogens (tertiary/aromatic N) is 1. The fraction of sp³-hybridized carbons (Fsp3) is 0.440. The van der Waals surface area contributed by atoms with E-state index in [0.29, 0.717) is 19.0 Å². The maximum Gasteiger partial charge on any atom is 0.321 e. The van der Waals surface area contributed by atoms with Gasteiger partial charge in [0.2, 0.25) is 5.91 Å². The number of benzene rings is 2. The zero-order chi connectivity index (χ0) is 21.5. The van der Waals surface area contributed by atoms with Crippen LogP contribution >= 0.6 is 0 Å². The highest BCUT2D eigenvalue weighted by Crippen LogP contribution is 2.24. The van der Waals surface area contributed by atoms with Crippen LogP contribution in [0.2, 0.25) is 0 Å². The predicted molar refractivity (Wildman–Crippen MR) is 121 cm³/mol. The molecule has 1 aliphatic rings. The quantitative estimate of drug-likeness (QED) is 0.696. The molecule has 0 unspecified atom stereocenters. The number of anilines is 1. The van der Waals surface area contributed by atoms with Crippen molar-refractivity contribution in [3.8, 4) is 0 Å². The molecule has 2 atom stereocenters. The monoisotopic (exact) mass is 407 g/mol. The Bertz CT molecular complexity index is 850. The summed E-state index contributed by atoms with van der Waals surface area (Å²) >= 11 is 0. The van der Waals surface area contributed by atoms with Crippen LogP contribution in [0.3, 0.4) is 0 Å². The molecule has 1 heterocycles. The van der Waals surface area contributed by atoms with Crippen LogP contribution in [0.5, 0.6) is 0 Å². The van der Waals surface area contributed by atoms with Crippen LogP contribution in [-0.2, 0) is 4.79 Å². The molecule has 1 aliphatic heterocycles. The van der Waals surface area contributed by atoms with Gasteiger partial charge in [-0.15, -0.1) is 0 Å². The van der Waals surface area contributed by atoms with Crippen molar-refractivity contribution >= 4 is 17.6 Å². The summed E-state index contributed by atoms with van der Waals surface area (Å²) in [6, 6.07) is 17.7. The maximum atomic E-state index is 13.1. The molecule has 2 aromatic carbocycles. The first-order valence-corrected chi connectivity index (χ1v) is 10.9. The van der Waals surface area contributed by atoms with E-state index in [4.69, 9.17) is 0 Å². The molecule has 2 N–H and O–H groups in total. The molecule has 0 saturated carbocycles.